The molecule has 0 saturated heterocycles. The maximum absolute atomic E-state index is 12.5. The average molecular weight is 382 g/mol. The fourth-order valence-corrected chi connectivity index (χ4v) is 3.47. The van der Waals surface area contributed by atoms with E-state index in [4.69, 9.17) is 23.2 Å². The van der Waals surface area contributed by atoms with Gasteiger partial charge in [-0.1, -0.05) is 48.5 Å². The highest BCUT2D eigenvalue weighted by atomic mass is 35.5. The zero-order valence-electron chi connectivity index (χ0n) is 14.1. The summed E-state index contributed by atoms with van der Waals surface area (Å²) < 4.78 is 1.22. The second kappa shape index (κ2) is 7.36. The third-order valence-electron chi connectivity index (χ3n) is 4.71. The van der Waals surface area contributed by atoms with Crippen LogP contribution in [0.4, 0.5) is 5.69 Å². The predicted molar refractivity (Wildman–Crippen MR) is 101 cm³/mol. The number of hydrogen-bond donors (Lipinski definition) is 2. The van der Waals surface area contributed by atoms with E-state index in [9.17, 15) is 9.90 Å². The number of halogens is 2. The molecule has 1 heterocycles. The van der Waals surface area contributed by atoms with E-state index in [-0.39, 0.29) is 5.02 Å². The van der Waals surface area contributed by atoms with E-state index < -0.39 is 11.2 Å². The minimum absolute atomic E-state index is 0.0473. The maximum Gasteiger partial charge on any atom is 0.292 e. The summed E-state index contributed by atoms with van der Waals surface area (Å²) in [4.78, 5) is 12.5. The summed E-state index contributed by atoms with van der Waals surface area (Å²) in [5, 5.41) is 18.4. The quantitative estimate of drug-likeness (QED) is 0.840. The fraction of sp³-hybridized carbons (Fsp3) is 0.444. The van der Waals surface area contributed by atoms with Gasteiger partial charge in [-0.05, 0) is 37.5 Å². The Morgan fingerprint density at radius 1 is 1.28 bits per heavy atom. The molecule has 134 valence electrons. The molecule has 25 heavy (non-hydrogen) atoms. The largest absolute Gasteiger partial charge is 0.388 e. The van der Waals surface area contributed by atoms with Crippen LogP contribution in [0.25, 0.3) is 5.69 Å². The number of nitrogens with one attached hydrogen (secondary N) is 1. The van der Waals surface area contributed by atoms with Gasteiger partial charge in [-0.25, -0.2) is 0 Å². The van der Waals surface area contributed by atoms with E-state index >= 15 is 0 Å². The molecular weight excluding hydrogens is 361 g/mol. The molecule has 1 aliphatic carbocycles. The Labute approximate surface area is 156 Å². The Bertz CT molecular complexity index is 830. The Balaban J connectivity index is 1.82. The van der Waals surface area contributed by atoms with E-state index in [0.717, 1.165) is 37.7 Å². The van der Waals surface area contributed by atoms with Gasteiger partial charge in [-0.15, -0.1) is 0 Å². The SMILES string of the molecule is Cc1ccc(-n2ncc(NCC3(O)CCCCC3)c(Cl)c2=O)cc1Cl. The summed E-state index contributed by atoms with van der Waals surface area (Å²) in [5.74, 6) is 0. The van der Waals surface area contributed by atoms with Crippen LogP contribution in [-0.2, 0) is 0 Å². The van der Waals surface area contributed by atoms with Gasteiger partial charge in [-0.2, -0.15) is 9.78 Å². The molecule has 0 bridgehead atoms. The molecule has 7 heteroatoms. The molecule has 2 N–H and O–H groups in total. The van der Waals surface area contributed by atoms with Crippen molar-refractivity contribution in [2.75, 3.05) is 11.9 Å². The van der Waals surface area contributed by atoms with Gasteiger partial charge >= 0.3 is 0 Å². The maximum atomic E-state index is 12.5. The van der Waals surface area contributed by atoms with Gasteiger partial charge in [0.1, 0.15) is 5.02 Å². The van der Waals surface area contributed by atoms with Crippen LogP contribution >= 0.6 is 23.2 Å². The Kier molecular flexibility index (Phi) is 5.37. The molecular formula is C18H21Cl2N3O2. The molecule has 0 amide bonds. The highest BCUT2D eigenvalue weighted by molar-refractivity contribution is 6.33. The number of hydrogen-bond acceptors (Lipinski definition) is 4. The summed E-state index contributed by atoms with van der Waals surface area (Å²) in [6, 6.07) is 5.27. The molecule has 1 fully saturated rings. The lowest BCUT2D eigenvalue weighted by atomic mass is 9.85. The third kappa shape index (κ3) is 4.00. The van der Waals surface area contributed by atoms with Gasteiger partial charge in [0.2, 0.25) is 0 Å². The topological polar surface area (TPSA) is 67.2 Å². The number of benzene rings is 1. The zero-order valence-corrected chi connectivity index (χ0v) is 15.6. The Morgan fingerprint density at radius 2 is 2.00 bits per heavy atom. The van der Waals surface area contributed by atoms with Crippen molar-refractivity contribution in [3.63, 3.8) is 0 Å². The van der Waals surface area contributed by atoms with Crippen molar-refractivity contribution in [1.82, 2.24) is 9.78 Å². The predicted octanol–water partition coefficient (Wildman–Crippen LogP) is 3.95. The highest BCUT2D eigenvalue weighted by Gasteiger charge is 2.29. The van der Waals surface area contributed by atoms with Gasteiger partial charge in [0.15, 0.2) is 0 Å². The van der Waals surface area contributed by atoms with Crippen molar-refractivity contribution in [3.8, 4) is 5.69 Å². The molecule has 3 rings (SSSR count). The van der Waals surface area contributed by atoms with E-state index in [1.807, 2.05) is 13.0 Å². The van der Waals surface area contributed by atoms with Gasteiger partial charge in [0, 0.05) is 11.6 Å². The van der Waals surface area contributed by atoms with Crippen LogP contribution < -0.4 is 10.9 Å². The smallest absolute Gasteiger partial charge is 0.292 e. The van der Waals surface area contributed by atoms with Crippen LogP contribution in [0.5, 0.6) is 0 Å². The lowest BCUT2D eigenvalue weighted by molar-refractivity contribution is 0.0167. The minimum Gasteiger partial charge on any atom is -0.388 e. The molecule has 0 radical (unpaired) electrons. The standard InChI is InChI=1S/C18H21Cl2N3O2/c1-12-5-6-13(9-14(12)19)23-17(24)16(20)15(10-22-23)21-11-18(25)7-3-2-4-8-18/h5-6,9-10,21,25H,2-4,7-8,11H2,1H3. The first-order valence-corrected chi connectivity index (χ1v) is 9.16. The van der Waals surface area contributed by atoms with Crippen molar-refractivity contribution in [1.29, 1.82) is 0 Å². The van der Waals surface area contributed by atoms with Crippen molar-refractivity contribution < 1.29 is 5.11 Å². The molecule has 1 aliphatic rings. The van der Waals surface area contributed by atoms with Gasteiger partial charge in [-0.3, -0.25) is 4.79 Å². The van der Waals surface area contributed by atoms with Crippen molar-refractivity contribution in [2.45, 2.75) is 44.6 Å². The van der Waals surface area contributed by atoms with Gasteiger partial charge in [0.05, 0.1) is 23.2 Å². The first kappa shape index (κ1) is 18.2. The molecule has 0 atom stereocenters. The fourth-order valence-electron chi connectivity index (χ4n) is 3.10. The molecule has 1 aromatic carbocycles. The summed E-state index contributed by atoms with van der Waals surface area (Å²) in [7, 11) is 0. The average Bonchev–Trinajstić information content (AvgIpc) is 2.59. The van der Waals surface area contributed by atoms with Crippen molar-refractivity contribution >= 4 is 28.9 Å². The lowest BCUT2D eigenvalue weighted by Crippen LogP contribution is -2.39. The number of aryl methyl sites for hydroxylation is 1. The molecule has 1 aromatic heterocycles. The van der Waals surface area contributed by atoms with E-state index in [1.165, 1.54) is 10.9 Å². The van der Waals surface area contributed by atoms with E-state index in [1.54, 1.807) is 12.1 Å². The van der Waals surface area contributed by atoms with E-state index in [0.29, 0.717) is 22.9 Å². The number of rotatable bonds is 4. The summed E-state index contributed by atoms with van der Waals surface area (Å²) >= 11 is 12.4. The van der Waals surface area contributed by atoms with Crippen LogP contribution in [0, 0.1) is 6.92 Å². The molecule has 0 unspecified atom stereocenters. The normalized spacial score (nSPS) is 16.6. The molecule has 5 nitrogen and oxygen atoms in total. The highest BCUT2D eigenvalue weighted by Crippen LogP contribution is 2.29. The first-order valence-electron chi connectivity index (χ1n) is 8.40. The molecule has 0 aliphatic heterocycles. The second-order valence-electron chi connectivity index (χ2n) is 6.66. The van der Waals surface area contributed by atoms with Crippen LogP contribution in [0.1, 0.15) is 37.7 Å². The van der Waals surface area contributed by atoms with Crippen molar-refractivity contribution in [3.05, 3.63) is 50.4 Å². The van der Waals surface area contributed by atoms with Crippen LogP contribution in [-0.4, -0.2) is 27.0 Å². The number of anilines is 1. The van der Waals surface area contributed by atoms with Crippen molar-refractivity contribution in [2.24, 2.45) is 0 Å². The van der Waals surface area contributed by atoms with Crippen LogP contribution in [0.3, 0.4) is 0 Å². The third-order valence-corrected chi connectivity index (χ3v) is 5.48. The number of aromatic nitrogens is 2. The monoisotopic (exact) mass is 381 g/mol. The summed E-state index contributed by atoms with van der Waals surface area (Å²) in [5.41, 5.74) is 0.729. The number of aliphatic hydroxyl groups is 1. The van der Waals surface area contributed by atoms with Crippen LogP contribution in [0.2, 0.25) is 10.0 Å². The zero-order chi connectivity index (χ0) is 18.0. The number of nitrogens with zero attached hydrogens (tertiary/aromatic N) is 2. The first-order chi connectivity index (χ1) is 11.9. The van der Waals surface area contributed by atoms with Crippen LogP contribution in [0.15, 0.2) is 29.2 Å². The van der Waals surface area contributed by atoms with E-state index in [2.05, 4.69) is 10.4 Å². The summed E-state index contributed by atoms with van der Waals surface area (Å²) in [6.45, 7) is 2.24. The lowest BCUT2D eigenvalue weighted by Gasteiger charge is -2.32. The molecule has 0 spiro atoms. The van der Waals surface area contributed by atoms with Gasteiger partial charge in [0.25, 0.3) is 5.56 Å². The Hall–Kier alpha value is -1.56. The Morgan fingerprint density at radius 3 is 2.68 bits per heavy atom. The summed E-state index contributed by atoms with van der Waals surface area (Å²) in [6.07, 6.45) is 6.19. The second-order valence-corrected chi connectivity index (χ2v) is 7.45. The minimum atomic E-state index is -0.749. The molecule has 1 saturated carbocycles. The van der Waals surface area contributed by atoms with Gasteiger partial charge < -0.3 is 10.4 Å². The molecule has 2 aromatic rings.